The zero-order chi connectivity index (χ0) is 12.3. The van der Waals surface area contributed by atoms with Crippen LogP contribution in [0, 0.1) is 0 Å². The summed E-state index contributed by atoms with van der Waals surface area (Å²) < 4.78 is 1.53. The van der Waals surface area contributed by atoms with E-state index in [0.717, 1.165) is 0 Å². The van der Waals surface area contributed by atoms with Gasteiger partial charge in [0.05, 0.1) is 18.2 Å². The van der Waals surface area contributed by atoms with Gasteiger partial charge in [-0.3, -0.25) is 14.3 Å². The molecule has 0 aliphatic heterocycles. The molecule has 1 rings (SSSR count). The number of carbonyl (C=O) groups excluding carboxylic acids is 1. The monoisotopic (exact) mass is 225 g/mol. The highest BCUT2D eigenvalue weighted by Gasteiger charge is 2.20. The van der Waals surface area contributed by atoms with Crippen LogP contribution in [-0.4, -0.2) is 44.8 Å². The van der Waals surface area contributed by atoms with Gasteiger partial charge in [0, 0.05) is 26.3 Å². The molecule has 0 saturated heterocycles. The molecule has 0 fully saturated rings. The predicted molar refractivity (Wildman–Crippen MR) is 57.0 cm³/mol. The number of rotatable bonds is 4. The third-order valence-corrected chi connectivity index (χ3v) is 2.40. The largest absolute Gasteiger partial charge is 0.481 e. The fourth-order valence-electron chi connectivity index (χ4n) is 1.33. The lowest BCUT2D eigenvalue weighted by Crippen LogP contribution is -2.36. The smallest absolute Gasteiger partial charge is 0.305 e. The Kier molecular flexibility index (Phi) is 3.65. The minimum absolute atomic E-state index is 0.0670. The molecule has 1 amide bonds. The van der Waals surface area contributed by atoms with Crippen molar-refractivity contribution >= 4 is 11.9 Å². The minimum atomic E-state index is -0.918. The normalized spacial score (nSPS) is 12.2. The third-order valence-electron chi connectivity index (χ3n) is 2.40. The second kappa shape index (κ2) is 4.78. The summed E-state index contributed by atoms with van der Waals surface area (Å²) in [5, 5.41) is 12.5. The van der Waals surface area contributed by atoms with Gasteiger partial charge in [0.25, 0.3) is 5.91 Å². The SMILES string of the molecule is CC(CC(=O)O)N(C)C(=O)c1cnn(C)c1. The van der Waals surface area contributed by atoms with Crippen molar-refractivity contribution in [1.82, 2.24) is 14.7 Å². The van der Waals surface area contributed by atoms with Crippen molar-refractivity contribution in [2.45, 2.75) is 19.4 Å². The molecule has 1 N–H and O–H groups in total. The number of aliphatic carboxylic acids is 1. The Morgan fingerprint density at radius 1 is 1.62 bits per heavy atom. The molecule has 6 nitrogen and oxygen atoms in total. The molecular weight excluding hydrogens is 210 g/mol. The van der Waals surface area contributed by atoms with Gasteiger partial charge in [0.2, 0.25) is 0 Å². The number of aryl methyl sites for hydroxylation is 1. The van der Waals surface area contributed by atoms with Crippen LogP contribution in [0.25, 0.3) is 0 Å². The fourth-order valence-corrected chi connectivity index (χ4v) is 1.33. The van der Waals surface area contributed by atoms with Gasteiger partial charge in [0.15, 0.2) is 0 Å². The van der Waals surface area contributed by atoms with Crippen molar-refractivity contribution < 1.29 is 14.7 Å². The quantitative estimate of drug-likeness (QED) is 0.802. The number of carboxylic acid groups (broad SMARTS) is 1. The summed E-state index contributed by atoms with van der Waals surface area (Å²) in [6.45, 7) is 1.70. The summed E-state index contributed by atoms with van der Waals surface area (Å²) in [6.07, 6.45) is 3.00. The molecule has 1 aromatic rings. The van der Waals surface area contributed by atoms with Gasteiger partial charge in [-0.05, 0) is 6.92 Å². The van der Waals surface area contributed by atoms with Crippen LogP contribution in [0.2, 0.25) is 0 Å². The van der Waals surface area contributed by atoms with E-state index in [4.69, 9.17) is 5.11 Å². The van der Waals surface area contributed by atoms with Gasteiger partial charge in [0.1, 0.15) is 0 Å². The van der Waals surface area contributed by atoms with Gasteiger partial charge in [-0.15, -0.1) is 0 Å². The van der Waals surface area contributed by atoms with Crippen LogP contribution >= 0.6 is 0 Å². The number of nitrogens with zero attached hydrogens (tertiary/aromatic N) is 3. The van der Waals surface area contributed by atoms with E-state index < -0.39 is 5.97 Å². The summed E-state index contributed by atoms with van der Waals surface area (Å²) in [5.74, 6) is -1.14. The van der Waals surface area contributed by atoms with Crippen LogP contribution in [0.3, 0.4) is 0 Å². The highest BCUT2D eigenvalue weighted by atomic mass is 16.4. The molecule has 1 unspecified atom stereocenters. The third kappa shape index (κ3) is 2.82. The molecule has 1 aromatic heterocycles. The molecule has 0 bridgehead atoms. The summed E-state index contributed by atoms with van der Waals surface area (Å²) in [5.41, 5.74) is 0.460. The first-order valence-corrected chi connectivity index (χ1v) is 4.89. The van der Waals surface area contributed by atoms with E-state index in [9.17, 15) is 9.59 Å². The van der Waals surface area contributed by atoms with Crippen LogP contribution in [0.4, 0.5) is 0 Å². The van der Waals surface area contributed by atoms with Crippen LogP contribution in [0.15, 0.2) is 12.4 Å². The number of carbonyl (C=O) groups is 2. The summed E-state index contributed by atoms with van der Waals surface area (Å²) in [6, 6.07) is -0.342. The summed E-state index contributed by atoms with van der Waals surface area (Å²) >= 11 is 0. The molecule has 88 valence electrons. The first kappa shape index (κ1) is 12.2. The number of amides is 1. The average Bonchev–Trinajstić information content (AvgIpc) is 2.61. The summed E-state index contributed by atoms with van der Waals surface area (Å²) in [4.78, 5) is 23.8. The lowest BCUT2D eigenvalue weighted by atomic mass is 10.2. The topological polar surface area (TPSA) is 75.4 Å². The van der Waals surface area contributed by atoms with Gasteiger partial charge in [-0.1, -0.05) is 0 Å². The number of hydrogen-bond acceptors (Lipinski definition) is 3. The number of hydrogen-bond donors (Lipinski definition) is 1. The van der Waals surface area contributed by atoms with Gasteiger partial charge < -0.3 is 10.0 Å². The van der Waals surface area contributed by atoms with Crippen molar-refractivity contribution in [3.63, 3.8) is 0 Å². The highest BCUT2D eigenvalue weighted by Crippen LogP contribution is 2.07. The van der Waals surface area contributed by atoms with E-state index in [1.54, 1.807) is 27.2 Å². The average molecular weight is 225 g/mol. The maximum absolute atomic E-state index is 11.9. The zero-order valence-corrected chi connectivity index (χ0v) is 9.54. The number of carboxylic acids is 1. The lowest BCUT2D eigenvalue weighted by Gasteiger charge is -2.22. The van der Waals surface area contributed by atoms with Gasteiger partial charge >= 0.3 is 5.97 Å². The van der Waals surface area contributed by atoms with E-state index in [1.807, 2.05) is 0 Å². The molecular formula is C10H15N3O3. The molecule has 1 atom stereocenters. The zero-order valence-electron chi connectivity index (χ0n) is 9.54. The van der Waals surface area contributed by atoms with Crippen molar-refractivity contribution in [2.75, 3.05) is 7.05 Å². The van der Waals surface area contributed by atoms with Crippen LogP contribution in [-0.2, 0) is 11.8 Å². The molecule has 0 spiro atoms. The van der Waals surface area contributed by atoms with Crippen LogP contribution in [0.1, 0.15) is 23.7 Å². The van der Waals surface area contributed by atoms with Crippen molar-refractivity contribution in [2.24, 2.45) is 7.05 Å². The fraction of sp³-hybridized carbons (Fsp3) is 0.500. The second-order valence-electron chi connectivity index (χ2n) is 3.77. The molecule has 0 radical (unpaired) electrons. The Morgan fingerprint density at radius 2 is 2.25 bits per heavy atom. The first-order chi connectivity index (χ1) is 7.41. The lowest BCUT2D eigenvalue weighted by molar-refractivity contribution is -0.137. The molecule has 1 heterocycles. The maximum Gasteiger partial charge on any atom is 0.305 e. The Morgan fingerprint density at radius 3 is 2.69 bits per heavy atom. The molecule has 0 aliphatic rings. The molecule has 0 aliphatic carbocycles. The standard InChI is InChI=1S/C10H15N3O3/c1-7(4-9(14)15)13(3)10(16)8-5-11-12(2)6-8/h5-7H,4H2,1-3H3,(H,14,15). The first-order valence-electron chi connectivity index (χ1n) is 4.89. The maximum atomic E-state index is 11.9. The Bertz CT molecular complexity index is 400. The summed E-state index contributed by atoms with van der Waals surface area (Å²) in [7, 11) is 3.31. The molecule has 6 heteroatoms. The van der Waals surface area contributed by atoms with Crippen molar-refractivity contribution in [1.29, 1.82) is 0 Å². The Hall–Kier alpha value is -1.85. The Labute approximate surface area is 93.5 Å². The molecule has 0 saturated carbocycles. The molecule has 0 aromatic carbocycles. The van der Waals surface area contributed by atoms with Crippen LogP contribution in [0.5, 0.6) is 0 Å². The van der Waals surface area contributed by atoms with Crippen molar-refractivity contribution in [3.8, 4) is 0 Å². The molecule has 16 heavy (non-hydrogen) atoms. The van der Waals surface area contributed by atoms with Gasteiger partial charge in [-0.2, -0.15) is 5.10 Å². The van der Waals surface area contributed by atoms with E-state index in [0.29, 0.717) is 5.56 Å². The van der Waals surface area contributed by atoms with Crippen molar-refractivity contribution in [3.05, 3.63) is 18.0 Å². The predicted octanol–water partition coefficient (Wildman–Crippen LogP) is 0.355. The number of aromatic nitrogens is 2. The second-order valence-corrected chi connectivity index (χ2v) is 3.77. The Balaban J connectivity index is 2.70. The van der Waals surface area contributed by atoms with E-state index >= 15 is 0 Å². The van der Waals surface area contributed by atoms with E-state index in [1.165, 1.54) is 15.8 Å². The van der Waals surface area contributed by atoms with E-state index in [2.05, 4.69) is 5.10 Å². The van der Waals surface area contributed by atoms with E-state index in [-0.39, 0.29) is 18.4 Å². The van der Waals surface area contributed by atoms with Crippen LogP contribution < -0.4 is 0 Å². The highest BCUT2D eigenvalue weighted by molar-refractivity contribution is 5.93. The van der Waals surface area contributed by atoms with Gasteiger partial charge in [-0.25, -0.2) is 0 Å². The minimum Gasteiger partial charge on any atom is -0.481 e.